The lowest BCUT2D eigenvalue weighted by Crippen LogP contribution is -2.45. The van der Waals surface area contributed by atoms with Crippen molar-refractivity contribution in [2.45, 2.75) is 156 Å². The number of rotatable bonds is 13. The Labute approximate surface area is 225 Å². The first kappa shape index (κ1) is 35.4. The molecule has 0 aromatic rings. The summed E-state index contributed by atoms with van der Waals surface area (Å²) in [6, 6.07) is -0.303. The van der Waals surface area contributed by atoms with E-state index in [9.17, 15) is 14.4 Å². The van der Waals surface area contributed by atoms with Crippen LogP contribution in [0, 0.1) is 0 Å². The van der Waals surface area contributed by atoms with E-state index in [1.165, 1.54) is 0 Å². The zero-order valence-electron chi connectivity index (χ0n) is 25.3. The number of ether oxygens (including phenoxy) is 2. The number of carbonyl (C=O) groups excluding carboxylic acids is 3. The van der Waals surface area contributed by atoms with Gasteiger partial charge >= 0.3 is 0 Å². The van der Waals surface area contributed by atoms with Crippen molar-refractivity contribution in [1.29, 1.82) is 0 Å². The third-order valence-electron chi connectivity index (χ3n) is 6.18. The second kappa shape index (κ2) is 14.5. The molecule has 2 aliphatic rings. The highest BCUT2D eigenvalue weighted by Gasteiger charge is 2.47. The lowest BCUT2D eigenvalue weighted by molar-refractivity contribution is -0.118. The van der Waals surface area contributed by atoms with E-state index < -0.39 is 13.9 Å². The Bertz CT molecular complexity index is 792. The van der Waals surface area contributed by atoms with E-state index >= 15 is 0 Å². The fraction of sp³-hybridized carbons (Fsp3) is 0.889. The molecule has 0 spiro atoms. The summed E-state index contributed by atoms with van der Waals surface area (Å²) in [6.07, 6.45) is 4.72. The molecular formula is C27H51N3O6Si. The van der Waals surface area contributed by atoms with Crippen LogP contribution in [0.25, 0.3) is 10.4 Å². The second-order valence-corrected chi connectivity index (χ2v) is 17.1. The van der Waals surface area contributed by atoms with Crippen LogP contribution in [0.15, 0.2) is 5.11 Å². The van der Waals surface area contributed by atoms with Crippen LogP contribution < -0.4 is 0 Å². The summed E-state index contributed by atoms with van der Waals surface area (Å²) < 4.78 is 16.6. The van der Waals surface area contributed by atoms with Crippen LogP contribution in [0.1, 0.15) is 101 Å². The number of azide groups is 1. The molecule has 214 valence electrons. The van der Waals surface area contributed by atoms with Crippen molar-refractivity contribution < 1.29 is 28.3 Å². The number of Topliss-reactive ketones (excluding diaryl/α,β-unsaturated/α-hetero) is 3. The smallest absolute Gasteiger partial charge is 0.184 e. The number of hydrogen-bond acceptors (Lipinski definition) is 7. The quantitative estimate of drug-likeness (QED) is 0.0834. The molecule has 2 heterocycles. The Balaban J connectivity index is 0.000000555. The van der Waals surface area contributed by atoms with Gasteiger partial charge in [-0.1, -0.05) is 5.11 Å². The Morgan fingerprint density at radius 2 is 1.24 bits per heavy atom. The van der Waals surface area contributed by atoms with Crippen molar-refractivity contribution in [1.82, 2.24) is 0 Å². The molecule has 2 fully saturated rings. The Hall–Kier alpha value is -1.58. The van der Waals surface area contributed by atoms with Gasteiger partial charge in [-0.2, -0.15) is 0 Å². The maximum Gasteiger partial charge on any atom is 0.184 e. The van der Waals surface area contributed by atoms with Gasteiger partial charge in [-0.15, -0.1) is 0 Å². The molecule has 0 amide bonds. The summed E-state index contributed by atoms with van der Waals surface area (Å²) in [5.74, 6) is 0.615. The fourth-order valence-corrected chi connectivity index (χ4v) is 5.67. The predicted octanol–water partition coefficient (Wildman–Crippen LogP) is 6.73. The van der Waals surface area contributed by atoms with Crippen LogP contribution >= 0.6 is 0 Å². The molecule has 0 saturated carbocycles. The molecule has 3 atom stereocenters. The van der Waals surface area contributed by atoms with Gasteiger partial charge in [-0.05, 0) is 107 Å². The molecule has 0 aromatic heterocycles. The SMILES string of the molecule is CC(=O)CCC1OC1(C)C.CC(=O)CC[C@H](N=[N+]=[N-])C(C)(C)O[Si](C)(C)C.CC(=O)CC[C@H]1OC1(C)C. The third kappa shape index (κ3) is 16.8. The second-order valence-electron chi connectivity index (χ2n) is 12.7. The minimum Gasteiger partial charge on any atom is -0.412 e. The minimum atomic E-state index is -1.71. The van der Waals surface area contributed by atoms with Crippen LogP contribution in [0.4, 0.5) is 0 Å². The summed E-state index contributed by atoms with van der Waals surface area (Å²) >= 11 is 0. The first-order chi connectivity index (χ1) is 16.6. The number of nitrogens with zero attached hydrogens (tertiary/aromatic N) is 3. The molecule has 0 aromatic carbocycles. The van der Waals surface area contributed by atoms with Crippen molar-refractivity contribution >= 4 is 25.7 Å². The highest BCUT2D eigenvalue weighted by molar-refractivity contribution is 6.69. The van der Waals surface area contributed by atoms with Gasteiger partial charge in [0.1, 0.15) is 17.3 Å². The van der Waals surface area contributed by atoms with Crippen molar-refractivity contribution in [2.75, 3.05) is 0 Å². The number of hydrogen-bond donors (Lipinski definition) is 0. The van der Waals surface area contributed by atoms with Crippen molar-refractivity contribution in [3.63, 3.8) is 0 Å². The van der Waals surface area contributed by atoms with Gasteiger partial charge in [0.2, 0.25) is 0 Å². The summed E-state index contributed by atoms with van der Waals surface area (Å²) in [5, 5.41) is 3.78. The summed E-state index contributed by atoms with van der Waals surface area (Å²) in [6.45, 7) is 23.1. The van der Waals surface area contributed by atoms with Crippen LogP contribution in [0.3, 0.4) is 0 Å². The Kier molecular flexibility index (Phi) is 13.9. The lowest BCUT2D eigenvalue weighted by atomic mass is 9.95. The van der Waals surface area contributed by atoms with Gasteiger partial charge in [0, 0.05) is 24.2 Å². The first-order valence-electron chi connectivity index (χ1n) is 13.2. The van der Waals surface area contributed by atoms with Gasteiger partial charge in [0.05, 0.1) is 35.1 Å². The Morgan fingerprint density at radius 1 is 0.892 bits per heavy atom. The molecule has 9 nitrogen and oxygen atoms in total. The summed E-state index contributed by atoms with van der Waals surface area (Å²) in [5.41, 5.74) is 8.17. The summed E-state index contributed by atoms with van der Waals surface area (Å²) in [7, 11) is -1.71. The van der Waals surface area contributed by atoms with Crippen LogP contribution in [-0.2, 0) is 28.3 Å². The van der Waals surface area contributed by atoms with Gasteiger partial charge in [0.25, 0.3) is 0 Å². The topological polar surface area (TPSA) is 134 Å². The van der Waals surface area contributed by atoms with Gasteiger partial charge < -0.3 is 28.3 Å². The molecular weight excluding hydrogens is 490 g/mol. The zero-order chi connectivity index (χ0) is 29.2. The average Bonchev–Trinajstić information content (AvgIpc) is 3.53. The molecule has 2 aliphatic heterocycles. The van der Waals surface area contributed by atoms with E-state index in [4.69, 9.17) is 19.4 Å². The normalized spacial score (nSPS) is 21.6. The van der Waals surface area contributed by atoms with E-state index in [1.807, 2.05) is 13.8 Å². The maximum atomic E-state index is 11.0. The molecule has 2 saturated heterocycles. The fourth-order valence-electron chi connectivity index (χ4n) is 3.95. The Morgan fingerprint density at radius 3 is 1.49 bits per heavy atom. The van der Waals surface area contributed by atoms with E-state index in [0.29, 0.717) is 37.9 Å². The van der Waals surface area contributed by atoms with Crippen molar-refractivity contribution in [2.24, 2.45) is 5.11 Å². The highest BCUT2D eigenvalue weighted by atomic mass is 28.4. The van der Waals surface area contributed by atoms with Crippen LogP contribution in [-0.4, -0.2) is 60.7 Å². The maximum absolute atomic E-state index is 11.0. The molecule has 1 unspecified atom stereocenters. The van der Waals surface area contributed by atoms with Crippen LogP contribution in [0.2, 0.25) is 19.6 Å². The monoisotopic (exact) mass is 541 g/mol. The van der Waals surface area contributed by atoms with Gasteiger partial charge in [0.15, 0.2) is 8.32 Å². The van der Waals surface area contributed by atoms with Gasteiger partial charge in [-0.25, -0.2) is 0 Å². The standard InChI is InChI=1S/C11H23N3O2Si.2C8H14O2/c1-9(15)7-8-10(13-14-12)11(2,3)16-17(4,5)6;2*1-6(9)4-5-7-8(2,3)10-7/h10H,7-8H2,1-6H3;2*7H,4-5H2,1-3H3/t10-;7-;/m01./s1. The van der Waals surface area contributed by atoms with Crippen molar-refractivity contribution in [3.05, 3.63) is 10.4 Å². The highest BCUT2D eigenvalue weighted by Crippen LogP contribution is 2.38. The number of ketones is 3. The molecule has 10 heteroatoms. The van der Waals surface area contributed by atoms with E-state index in [-0.39, 0.29) is 34.6 Å². The molecule has 37 heavy (non-hydrogen) atoms. The lowest BCUT2D eigenvalue weighted by Gasteiger charge is -2.37. The molecule has 2 rings (SSSR count). The number of epoxide rings is 2. The van der Waals surface area contributed by atoms with E-state index in [2.05, 4.69) is 57.4 Å². The summed E-state index contributed by atoms with van der Waals surface area (Å²) in [4.78, 5) is 34.9. The van der Waals surface area contributed by atoms with Crippen molar-refractivity contribution in [3.8, 4) is 0 Å². The van der Waals surface area contributed by atoms with E-state index in [1.54, 1.807) is 20.8 Å². The predicted molar refractivity (Wildman–Crippen MR) is 149 cm³/mol. The van der Waals surface area contributed by atoms with Crippen LogP contribution in [0.5, 0.6) is 0 Å². The van der Waals surface area contributed by atoms with E-state index in [0.717, 1.165) is 12.8 Å². The molecule has 0 bridgehead atoms. The molecule has 0 N–H and O–H groups in total. The first-order valence-corrected chi connectivity index (χ1v) is 16.6. The number of carbonyl (C=O) groups is 3. The third-order valence-corrected chi connectivity index (χ3v) is 7.32. The molecule has 0 aliphatic carbocycles. The average molecular weight is 542 g/mol. The largest absolute Gasteiger partial charge is 0.412 e. The zero-order valence-corrected chi connectivity index (χ0v) is 26.3. The molecule has 0 radical (unpaired) electrons. The van der Waals surface area contributed by atoms with Gasteiger partial charge in [-0.3, -0.25) is 0 Å². The minimum absolute atomic E-state index is 0.0510.